The lowest BCUT2D eigenvalue weighted by Gasteiger charge is -2.46. The van der Waals surface area contributed by atoms with Gasteiger partial charge in [0.25, 0.3) is 5.91 Å². The number of amides is 3. The molecule has 3 aliphatic carbocycles. The molecule has 3 atom stereocenters. The highest BCUT2D eigenvalue weighted by Gasteiger charge is 2.60. The molecule has 0 saturated heterocycles. The molecule has 2 aromatic rings. The van der Waals surface area contributed by atoms with Gasteiger partial charge in [0.2, 0.25) is 5.78 Å². The summed E-state index contributed by atoms with van der Waals surface area (Å²) in [6.07, 6.45) is -5.25. The van der Waals surface area contributed by atoms with Crippen LogP contribution >= 0.6 is 0 Å². The Balaban J connectivity index is 1.45. The van der Waals surface area contributed by atoms with E-state index < -0.39 is 82.3 Å². The first kappa shape index (κ1) is 32.2. The Morgan fingerprint density at radius 3 is 2.35 bits per heavy atom. The Hall–Kier alpha value is -5.25. The van der Waals surface area contributed by atoms with E-state index in [9.17, 15) is 52.8 Å². The highest BCUT2D eigenvalue weighted by molar-refractivity contribution is 6.22. The lowest BCUT2D eigenvalue weighted by atomic mass is 9.59. The van der Waals surface area contributed by atoms with Crippen LogP contribution in [0.25, 0.3) is 5.76 Å². The number of carbonyl (C=O) groups excluding carboxylic acids is 4. The zero-order valence-electron chi connectivity index (χ0n) is 24.4. The summed E-state index contributed by atoms with van der Waals surface area (Å²) in [7, 11) is 3.38. The van der Waals surface area contributed by atoms with Crippen LogP contribution in [0.15, 0.2) is 47.2 Å². The molecule has 3 amide bonds. The Kier molecular flexibility index (Phi) is 7.88. The summed E-state index contributed by atoms with van der Waals surface area (Å²) < 4.78 is 41.0. The van der Waals surface area contributed by atoms with Crippen LogP contribution in [0, 0.1) is 11.8 Å². The zero-order valence-corrected chi connectivity index (χ0v) is 24.4. The van der Waals surface area contributed by atoms with Crippen molar-refractivity contribution in [3.63, 3.8) is 0 Å². The second-order valence-electron chi connectivity index (χ2n) is 11.4. The number of carbonyl (C=O) groups is 4. The number of ketones is 2. The van der Waals surface area contributed by atoms with Crippen molar-refractivity contribution in [3.05, 3.63) is 63.9 Å². The maximum atomic E-state index is 13.8. The van der Waals surface area contributed by atoms with Gasteiger partial charge >= 0.3 is 12.4 Å². The van der Waals surface area contributed by atoms with Crippen LogP contribution in [0.5, 0.6) is 11.5 Å². The number of Topliss-reactive ketones (excluding diaryl/α,β-unsaturated/α-hetero) is 2. The largest absolute Gasteiger partial charge is 0.573 e. The first-order chi connectivity index (χ1) is 21.4. The number of aliphatic hydroxyl groups is 3. The van der Waals surface area contributed by atoms with Gasteiger partial charge in [-0.25, -0.2) is 4.79 Å². The Bertz CT molecular complexity index is 1730. The molecule has 0 radical (unpaired) electrons. The third-order valence-corrected chi connectivity index (χ3v) is 8.39. The van der Waals surface area contributed by atoms with Crippen LogP contribution in [0.4, 0.5) is 29.3 Å². The molecular formula is C30H29F3N4O9. The minimum atomic E-state index is -4.88. The van der Waals surface area contributed by atoms with Gasteiger partial charge in [-0.1, -0.05) is 0 Å². The van der Waals surface area contributed by atoms with Crippen molar-refractivity contribution in [1.82, 2.24) is 5.32 Å². The number of nitrogens with one attached hydrogen (secondary N) is 2. The minimum absolute atomic E-state index is 0.0245. The maximum absolute atomic E-state index is 13.8. The van der Waals surface area contributed by atoms with E-state index in [1.807, 2.05) is 0 Å². The SMILES string of the molecule is CN(C)c1cc(CNC(=O)Nc2ccc(OC(F)(F)F)cc2)c(O)c2c1CC1CC3CC(=O)C(C(N)=O)=C(O)C3(O)C(=O)C1=C2O. The summed E-state index contributed by atoms with van der Waals surface area (Å²) in [5, 5.41) is 49.8. The number of anilines is 2. The number of rotatable bonds is 6. The van der Waals surface area contributed by atoms with Crippen molar-refractivity contribution < 1.29 is 57.5 Å². The normalized spacial score (nSPS) is 22.5. The molecule has 8 N–H and O–H groups in total. The number of nitrogens with two attached hydrogens (primary N) is 1. The van der Waals surface area contributed by atoms with Crippen LogP contribution < -0.4 is 26.0 Å². The Labute approximate surface area is 258 Å². The van der Waals surface area contributed by atoms with E-state index in [2.05, 4.69) is 15.4 Å². The number of hydrogen-bond donors (Lipinski definition) is 7. The Morgan fingerprint density at radius 2 is 1.76 bits per heavy atom. The van der Waals surface area contributed by atoms with Crippen molar-refractivity contribution >= 4 is 40.6 Å². The molecule has 0 bridgehead atoms. The number of phenols is 1. The number of hydrogen-bond acceptors (Lipinski definition) is 10. The molecule has 0 spiro atoms. The summed E-state index contributed by atoms with van der Waals surface area (Å²) in [6.45, 7) is -0.305. The van der Waals surface area contributed by atoms with Crippen molar-refractivity contribution in [3.8, 4) is 11.5 Å². The number of phenolic OH excluding ortho intramolecular Hbond substituents is 1. The number of aromatic hydroxyl groups is 1. The van der Waals surface area contributed by atoms with Gasteiger partial charge in [-0.05, 0) is 54.7 Å². The minimum Gasteiger partial charge on any atom is -0.508 e. The molecule has 0 aliphatic heterocycles. The molecule has 13 nitrogen and oxygen atoms in total. The number of nitrogens with zero attached hydrogens (tertiary/aromatic N) is 1. The third kappa shape index (κ3) is 5.44. The fraction of sp³-hybridized carbons (Fsp3) is 0.333. The van der Waals surface area contributed by atoms with E-state index in [1.54, 1.807) is 25.1 Å². The van der Waals surface area contributed by atoms with Crippen LogP contribution in [0.3, 0.4) is 0 Å². The molecule has 244 valence electrons. The molecule has 5 rings (SSSR count). The zero-order chi connectivity index (χ0) is 33.9. The van der Waals surface area contributed by atoms with E-state index in [4.69, 9.17) is 5.73 Å². The number of alkyl halides is 3. The van der Waals surface area contributed by atoms with Gasteiger partial charge in [-0.3, -0.25) is 14.4 Å². The molecule has 3 aliphatic rings. The molecule has 46 heavy (non-hydrogen) atoms. The predicted molar refractivity (Wildman–Crippen MR) is 155 cm³/mol. The van der Waals surface area contributed by atoms with Gasteiger partial charge in [0, 0.05) is 55.5 Å². The number of urea groups is 1. The van der Waals surface area contributed by atoms with Crippen molar-refractivity contribution in [2.45, 2.75) is 37.8 Å². The molecule has 3 unspecified atom stereocenters. The number of benzene rings is 2. The van der Waals surface area contributed by atoms with Gasteiger partial charge in [-0.15, -0.1) is 13.2 Å². The van der Waals surface area contributed by atoms with Crippen LogP contribution in [-0.2, 0) is 27.3 Å². The number of ether oxygens (including phenoxy) is 1. The third-order valence-electron chi connectivity index (χ3n) is 8.39. The van der Waals surface area contributed by atoms with Crippen molar-refractivity contribution in [2.24, 2.45) is 17.6 Å². The van der Waals surface area contributed by atoms with Crippen LogP contribution in [-0.4, -0.2) is 70.0 Å². The topological polar surface area (TPSA) is 212 Å². The molecule has 0 aromatic heterocycles. The van der Waals surface area contributed by atoms with Crippen LogP contribution in [0.2, 0.25) is 0 Å². The van der Waals surface area contributed by atoms with Crippen LogP contribution in [0.1, 0.15) is 29.5 Å². The van der Waals surface area contributed by atoms with E-state index in [1.165, 1.54) is 12.1 Å². The summed E-state index contributed by atoms with van der Waals surface area (Å²) >= 11 is 0. The lowest BCUT2D eigenvalue weighted by Crippen LogP contribution is -2.58. The van der Waals surface area contributed by atoms with Gasteiger partial charge in [0.05, 0.1) is 5.56 Å². The fourth-order valence-corrected chi connectivity index (χ4v) is 6.35. The summed E-state index contributed by atoms with van der Waals surface area (Å²) in [5.41, 5.74) is 2.38. The van der Waals surface area contributed by atoms with E-state index in [0.717, 1.165) is 12.1 Å². The quantitative estimate of drug-likeness (QED) is 0.228. The Morgan fingerprint density at radius 1 is 1.11 bits per heavy atom. The highest BCUT2D eigenvalue weighted by Crippen LogP contribution is 2.53. The number of fused-ring (bicyclic) bond motifs is 3. The molecule has 16 heteroatoms. The average Bonchev–Trinajstić information content (AvgIpc) is 2.94. The maximum Gasteiger partial charge on any atom is 0.573 e. The van der Waals surface area contributed by atoms with Gasteiger partial charge < -0.3 is 46.4 Å². The standard InChI is InChI=1S/C30H29F3N4O9/c1-37(2)18-9-13(11-35-28(44)36-15-3-5-16(6-4-15)46-30(31,32)33)23(39)21-17(18)8-12-7-14-10-19(38)22(27(34)43)26(42)29(14,45)25(41)20(12)24(21)40/h3-6,9,12,14,39-40,42,45H,7-8,10-11H2,1-2H3,(H2,34,43)(H2,35,36,44). The molecule has 0 heterocycles. The number of primary amides is 1. The molecule has 2 aromatic carbocycles. The summed E-state index contributed by atoms with van der Waals surface area (Å²) in [4.78, 5) is 52.4. The van der Waals surface area contributed by atoms with Crippen molar-refractivity contribution in [2.75, 3.05) is 24.3 Å². The summed E-state index contributed by atoms with van der Waals surface area (Å²) in [5.74, 6) is -7.94. The van der Waals surface area contributed by atoms with Gasteiger partial charge in [0.1, 0.15) is 28.6 Å². The first-order valence-corrected chi connectivity index (χ1v) is 13.9. The predicted octanol–water partition coefficient (Wildman–Crippen LogP) is 2.71. The average molecular weight is 647 g/mol. The monoisotopic (exact) mass is 646 g/mol. The van der Waals surface area contributed by atoms with E-state index in [0.29, 0.717) is 11.3 Å². The lowest BCUT2D eigenvalue weighted by molar-refractivity contribution is -0.274. The smallest absolute Gasteiger partial charge is 0.508 e. The first-order valence-electron chi connectivity index (χ1n) is 13.9. The fourth-order valence-electron chi connectivity index (χ4n) is 6.35. The van der Waals surface area contributed by atoms with Gasteiger partial charge in [0.15, 0.2) is 11.4 Å². The second kappa shape index (κ2) is 11.3. The van der Waals surface area contributed by atoms with E-state index >= 15 is 0 Å². The molecule has 1 saturated carbocycles. The highest BCUT2D eigenvalue weighted by atomic mass is 19.4. The van der Waals surface area contributed by atoms with Crippen molar-refractivity contribution in [1.29, 1.82) is 0 Å². The number of aliphatic hydroxyl groups excluding tert-OH is 2. The summed E-state index contributed by atoms with van der Waals surface area (Å²) in [6, 6.07) is 5.16. The van der Waals surface area contributed by atoms with E-state index in [-0.39, 0.29) is 41.8 Å². The van der Waals surface area contributed by atoms with Gasteiger partial charge in [-0.2, -0.15) is 0 Å². The molecule has 1 fully saturated rings. The second-order valence-corrected chi connectivity index (χ2v) is 11.4. The molecular weight excluding hydrogens is 617 g/mol. The number of halogens is 3.